The summed E-state index contributed by atoms with van der Waals surface area (Å²) in [6, 6.07) is 5.75. The van der Waals surface area contributed by atoms with E-state index in [2.05, 4.69) is 17.2 Å². The minimum Gasteiger partial charge on any atom is -0.396 e. The van der Waals surface area contributed by atoms with Gasteiger partial charge in [0.25, 0.3) is 11.8 Å². The van der Waals surface area contributed by atoms with Crippen molar-refractivity contribution in [3.05, 3.63) is 35.4 Å². The van der Waals surface area contributed by atoms with Crippen molar-refractivity contribution in [2.75, 3.05) is 6.61 Å². The molecule has 3 atom stereocenters. The fraction of sp³-hybridized carbons (Fsp3) is 0.474. The molecular weight excluding hydrogens is 334 g/mol. The van der Waals surface area contributed by atoms with E-state index in [0.717, 1.165) is 18.4 Å². The number of carbonyl (C=O) groups excluding carboxylic acids is 2. The van der Waals surface area contributed by atoms with Crippen molar-refractivity contribution in [2.45, 2.75) is 37.3 Å². The van der Waals surface area contributed by atoms with Crippen LogP contribution in [0.25, 0.3) is 0 Å². The molecule has 1 aromatic carbocycles. The zero-order valence-electron chi connectivity index (χ0n) is 14.4. The highest BCUT2D eigenvalue weighted by molar-refractivity contribution is 5.98. The SMILES string of the molecule is NC1([C@H](NC(=O)c2ccc(C#CC3CC3CO)cc2)C(=O)NO)CCC1. The molecule has 0 radical (unpaired) electrons. The lowest BCUT2D eigenvalue weighted by Crippen LogP contribution is -2.67. The number of aliphatic hydroxyl groups is 1. The lowest BCUT2D eigenvalue weighted by Gasteiger charge is -2.43. The van der Waals surface area contributed by atoms with Crippen molar-refractivity contribution in [1.29, 1.82) is 0 Å². The van der Waals surface area contributed by atoms with Crippen LogP contribution < -0.4 is 16.5 Å². The van der Waals surface area contributed by atoms with Gasteiger partial charge in [0.05, 0.1) is 0 Å². The lowest BCUT2D eigenvalue weighted by molar-refractivity contribution is -0.134. The van der Waals surface area contributed by atoms with E-state index in [1.165, 1.54) is 0 Å². The zero-order chi connectivity index (χ0) is 18.7. The van der Waals surface area contributed by atoms with E-state index >= 15 is 0 Å². The molecule has 7 heteroatoms. The van der Waals surface area contributed by atoms with E-state index in [0.29, 0.717) is 18.4 Å². The molecule has 1 aromatic rings. The average Bonchev–Trinajstić information content (AvgIpc) is 3.41. The van der Waals surface area contributed by atoms with E-state index in [9.17, 15) is 9.59 Å². The van der Waals surface area contributed by atoms with E-state index < -0.39 is 23.4 Å². The third-order valence-electron chi connectivity index (χ3n) is 5.21. The first-order valence-electron chi connectivity index (χ1n) is 8.73. The normalized spacial score (nSPS) is 23.7. The molecule has 2 saturated carbocycles. The van der Waals surface area contributed by atoms with Crippen LogP contribution in [0, 0.1) is 23.7 Å². The maximum atomic E-state index is 12.4. The van der Waals surface area contributed by atoms with Crippen LogP contribution in [-0.4, -0.2) is 40.3 Å². The van der Waals surface area contributed by atoms with Crippen LogP contribution in [0.4, 0.5) is 0 Å². The predicted octanol–water partition coefficient (Wildman–Crippen LogP) is 0.152. The maximum absolute atomic E-state index is 12.4. The van der Waals surface area contributed by atoms with Crippen LogP contribution >= 0.6 is 0 Å². The summed E-state index contributed by atoms with van der Waals surface area (Å²) in [5, 5.41) is 20.5. The summed E-state index contributed by atoms with van der Waals surface area (Å²) in [4.78, 5) is 24.3. The van der Waals surface area contributed by atoms with Crippen molar-refractivity contribution in [3.63, 3.8) is 0 Å². The summed E-state index contributed by atoms with van der Waals surface area (Å²) in [6.07, 6.45) is 3.03. The van der Waals surface area contributed by atoms with Crippen molar-refractivity contribution in [2.24, 2.45) is 17.6 Å². The highest BCUT2D eigenvalue weighted by Crippen LogP contribution is 2.37. The number of aliphatic hydroxyl groups excluding tert-OH is 1. The highest BCUT2D eigenvalue weighted by atomic mass is 16.5. The van der Waals surface area contributed by atoms with Gasteiger partial charge >= 0.3 is 0 Å². The van der Waals surface area contributed by atoms with Crippen LogP contribution in [-0.2, 0) is 4.79 Å². The van der Waals surface area contributed by atoms with Gasteiger partial charge in [-0.05, 0) is 55.9 Å². The second-order valence-electron chi connectivity index (χ2n) is 7.10. The molecule has 3 rings (SSSR count). The fourth-order valence-electron chi connectivity index (χ4n) is 3.13. The van der Waals surface area contributed by atoms with Gasteiger partial charge in [-0.3, -0.25) is 14.8 Å². The van der Waals surface area contributed by atoms with Crippen LogP contribution in [0.1, 0.15) is 41.6 Å². The van der Waals surface area contributed by atoms with Crippen LogP contribution in [0.5, 0.6) is 0 Å². The number of nitrogens with two attached hydrogens (primary N) is 1. The number of benzene rings is 1. The van der Waals surface area contributed by atoms with Crippen LogP contribution in [0.2, 0.25) is 0 Å². The molecule has 2 aliphatic carbocycles. The Kier molecular flexibility index (Phi) is 5.28. The molecule has 0 saturated heterocycles. The Hall–Kier alpha value is -2.40. The predicted molar refractivity (Wildman–Crippen MR) is 94.0 cm³/mol. The van der Waals surface area contributed by atoms with E-state index in [1.54, 1.807) is 29.7 Å². The van der Waals surface area contributed by atoms with Crippen molar-refractivity contribution >= 4 is 11.8 Å². The number of amides is 2. The fourth-order valence-corrected chi connectivity index (χ4v) is 3.13. The van der Waals surface area contributed by atoms with Gasteiger partial charge in [-0.2, -0.15) is 0 Å². The van der Waals surface area contributed by atoms with E-state index in [1.807, 2.05) is 0 Å². The first kappa shape index (κ1) is 18.4. The van der Waals surface area contributed by atoms with Crippen molar-refractivity contribution < 1.29 is 19.9 Å². The van der Waals surface area contributed by atoms with Crippen molar-refractivity contribution in [3.8, 4) is 11.8 Å². The summed E-state index contributed by atoms with van der Waals surface area (Å²) in [6.45, 7) is 0.170. The quantitative estimate of drug-likeness (QED) is 0.291. The molecule has 0 heterocycles. The molecule has 0 bridgehead atoms. The standard InChI is InChI=1S/C19H23N3O4/c20-19(8-1-9-19)16(18(25)22-26)21-17(24)13-5-2-12(3-6-13)4-7-14-10-15(14)11-23/h2-3,5-6,14-16,23,26H,1,8-11,20H2,(H,21,24)(H,22,25)/t14?,15?,16-/m1/s1. The molecule has 138 valence electrons. The van der Waals surface area contributed by atoms with Gasteiger partial charge in [-0.25, -0.2) is 5.48 Å². The summed E-state index contributed by atoms with van der Waals surface area (Å²) < 4.78 is 0. The Bertz CT molecular complexity index is 746. The lowest BCUT2D eigenvalue weighted by atomic mass is 9.72. The number of hydroxylamine groups is 1. The Morgan fingerprint density at radius 2 is 2.00 bits per heavy atom. The van der Waals surface area contributed by atoms with Gasteiger partial charge in [0.1, 0.15) is 6.04 Å². The average molecular weight is 357 g/mol. The number of rotatable bonds is 5. The summed E-state index contributed by atoms with van der Waals surface area (Å²) in [5.41, 5.74) is 8.06. The molecule has 2 unspecified atom stereocenters. The summed E-state index contributed by atoms with van der Waals surface area (Å²) in [7, 11) is 0. The Balaban J connectivity index is 1.64. The summed E-state index contributed by atoms with van der Waals surface area (Å²) in [5.74, 6) is 5.54. The van der Waals surface area contributed by atoms with Crippen LogP contribution in [0.3, 0.4) is 0 Å². The molecule has 0 spiro atoms. The van der Waals surface area contributed by atoms with E-state index in [4.69, 9.17) is 16.0 Å². The molecule has 2 aliphatic rings. The number of carbonyl (C=O) groups is 2. The van der Waals surface area contributed by atoms with Gasteiger partial charge < -0.3 is 16.2 Å². The minimum atomic E-state index is -0.988. The van der Waals surface area contributed by atoms with Gasteiger partial charge in [-0.15, -0.1) is 0 Å². The topological polar surface area (TPSA) is 125 Å². The van der Waals surface area contributed by atoms with Gasteiger partial charge in [0.2, 0.25) is 0 Å². The first-order valence-corrected chi connectivity index (χ1v) is 8.73. The van der Waals surface area contributed by atoms with Crippen molar-refractivity contribution in [1.82, 2.24) is 10.8 Å². The Labute approximate surface area is 151 Å². The molecule has 26 heavy (non-hydrogen) atoms. The second-order valence-corrected chi connectivity index (χ2v) is 7.10. The smallest absolute Gasteiger partial charge is 0.267 e. The molecule has 6 N–H and O–H groups in total. The molecule has 0 aliphatic heterocycles. The first-order chi connectivity index (χ1) is 12.5. The largest absolute Gasteiger partial charge is 0.396 e. The highest BCUT2D eigenvalue weighted by Gasteiger charge is 2.45. The minimum absolute atomic E-state index is 0.170. The van der Waals surface area contributed by atoms with Crippen LogP contribution in [0.15, 0.2) is 24.3 Å². The van der Waals surface area contributed by atoms with Gasteiger partial charge in [0.15, 0.2) is 0 Å². The molecule has 2 fully saturated rings. The van der Waals surface area contributed by atoms with Gasteiger partial charge in [0, 0.05) is 29.2 Å². The van der Waals surface area contributed by atoms with E-state index in [-0.39, 0.29) is 18.4 Å². The van der Waals surface area contributed by atoms with Gasteiger partial charge in [-0.1, -0.05) is 11.8 Å². The zero-order valence-corrected chi connectivity index (χ0v) is 14.4. The maximum Gasteiger partial charge on any atom is 0.267 e. The number of hydrogen-bond donors (Lipinski definition) is 5. The second kappa shape index (κ2) is 7.46. The Morgan fingerprint density at radius 3 is 2.50 bits per heavy atom. The molecule has 2 amide bonds. The number of nitrogens with one attached hydrogen (secondary N) is 2. The summed E-state index contributed by atoms with van der Waals surface area (Å²) >= 11 is 0. The molecular formula is C19H23N3O4. The molecule has 0 aromatic heterocycles. The monoisotopic (exact) mass is 357 g/mol. The third-order valence-corrected chi connectivity index (χ3v) is 5.21. The Morgan fingerprint density at radius 1 is 1.31 bits per heavy atom. The third kappa shape index (κ3) is 3.88. The molecule has 7 nitrogen and oxygen atoms in total. The number of hydrogen-bond acceptors (Lipinski definition) is 5.